The third-order valence-corrected chi connectivity index (χ3v) is 3.43. The van der Waals surface area contributed by atoms with E-state index in [2.05, 4.69) is 20.9 Å². The van der Waals surface area contributed by atoms with E-state index in [1.54, 1.807) is 0 Å². The lowest BCUT2D eigenvalue weighted by Gasteiger charge is -2.14. The van der Waals surface area contributed by atoms with Crippen LogP contribution in [0.15, 0.2) is 20.8 Å². The summed E-state index contributed by atoms with van der Waals surface area (Å²) in [5.74, 6) is 0.0178. The SMILES string of the molecule is O=c1[nH]c(=O)n([C@@H]2CC(F)[C@H](CCl)O2)cc1/C=C/Br. The van der Waals surface area contributed by atoms with Crippen molar-refractivity contribution < 1.29 is 9.13 Å². The molecular formula is C11H11BrClFN2O3. The van der Waals surface area contributed by atoms with Gasteiger partial charge in [-0.25, -0.2) is 9.18 Å². The Hall–Kier alpha value is -0.920. The number of ether oxygens (including phenoxy) is 1. The molecule has 2 heterocycles. The molecule has 1 unspecified atom stereocenters. The number of hydrogen-bond donors (Lipinski definition) is 1. The molecule has 3 atom stereocenters. The molecule has 0 aliphatic carbocycles. The number of aromatic amines is 1. The van der Waals surface area contributed by atoms with Crippen molar-refractivity contribution in [3.05, 3.63) is 37.6 Å². The molecule has 104 valence electrons. The van der Waals surface area contributed by atoms with Gasteiger partial charge in [0.05, 0.1) is 11.4 Å². The number of rotatable bonds is 3. The zero-order valence-corrected chi connectivity index (χ0v) is 12.0. The molecule has 0 aromatic carbocycles. The second-order valence-electron chi connectivity index (χ2n) is 4.08. The van der Waals surface area contributed by atoms with Crippen molar-refractivity contribution in [2.75, 3.05) is 5.88 Å². The Balaban J connectivity index is 2.38. The van der Waals surface area contributed by atoms with Crippen molar-refractivity contribution in [2.24, 2.45) is 0 Å². The molecule has 1 saturated heterocycles. The highest BCUT2D eigenvalue weighted by atomic mass is 79.9. The average molecular weight is 354 g/mol. The first kappa shape index (κ1) is 14.5. The van der Waals surface area contributed by atoms with Gasteiger partial charge in [0.15, 0.2) is 0 Å². The third-order valence-electron chi connectivity index (χ3n) is 2.86. The number of alkyl halides is 2. The molecule has 8 heteroatoms. The fourth-order valence-electron chi connectivity index (χ4n) is 1.90. The lowest BCUT2D eigenvalue weighted by atomic mass is 10.2. The molecule has 0 spiro atoms. The topological polar surface area (TPSA) is 64.1 Å². The fraction of sp³-hybridized carbons (Fsp3) is 0.455. The zero-order chi connectivity index (χ0) is 14.0. The second-order valence-corrected chi connectivity index (χ2v) is 4.92. The summed E-state index contributed by atoms with van der Waals surface area (Å²) in [5, 5.41) is 0. The van der Waals surface area contributed by atoms with Gasteiger partial charge in [0.2, 0.25) is 0 Å². The number of aromatic nitrogens is 2. The number of nitrogens with one attached hydrogen (secondary N) is 1. The Kier molecular flexibility index (Phi) is 4.59. The molecule has 1 aliphatic heterocycles. The van der Waals surface area contributed by atoms with Crippen LogP contribution in [0.4, 0.5) is 4.39 Å². The van der Waals surface area contributed by atoms with Crippen LogP contribution >= 0.6 is 27.5 Å². The second kappa shape index (κ2) is 6.02. The Bertz CT molecular complexity index is 600. The lowest BCUT2D eigenvalue weighted by Crippen LogP contribution is -2.33. The standard InChI is InChI=1S/C11H11BrClFN2O3/c12-2-1-6-5-16(11(18)15-10(6)17)9-3-7(14)8(4-13)19-9/h1-2,5,7-9H,3-4H2,(H,15,17,18)/b2-1+/t7?,8-,9-/m0/s1. The van der Waals surface area contributed by atoms with E-state index in [-0.39, 0.29) is 17.9 Å². The van der Waals surface area contributed by atoms with Gasteiger partial charge in [-0.2, -0.15) is 0 Å². The van der Waals surface area contributed by atoms with E-state index in [9.17, 15) is 14.0 Å². The molecule has 1 aromatic heterocycles. The van der Waals surface area contributed by atoms with Crippen molar-refractivity contribution in [2.45, 2.75) is 24.9 Å². The molecule has 1 fully saturated rings. The van der Waals surface area contributed by atoms with Crippen LogP contribution < -0.4 is 11.2 Å². The molecular weight excluding hydrogens is 342 g/mol. The zero-order valence-electron chi connectivity index (χ0n) is 9.68. The minimum Gasteiger partial charge on any atom is -0.350 e. The minimum atomic E-state index is -1.23. The van der Waals surface area contributed by atoms with Crippen LogP contribution in [0, 0.1) is 0 Å². The van der Waals surface area contributed by atoms with Gasteiger partial charge < -0.3 is 4.74 Å². The summed E-state index contributed by atoms with van der Waals surface area (Å²) in [7, 11) is 0. The smallest absolute Gasteiger partial charge is 0.330 e. The molecule has 5 nitrogen and oxygen atoms in total. The van der Waals surface area contributed by atoms with E-state index in [0.717, 1.165) is 0 Å². The third kappa shape index (κ3) is 2.98. The summed E-state index contributed by atoms with van der Waals surface area (Å²) < 4.78 is 20.1. The normalized spacial score (nSPS) is 27.2. The maximum Gasteiger partial charge on any atom is 0.330 e. The summed E-state index contributed by atoms with van der Waals surface area (Å²) in [6.45, 7) is 0. The predicted molar refractivity (Wildman–Crippen MR) is 73.4 cm³/mol. The van der Waals surface area contributed by atoms with Gasteiger partial charge in [0.1, 0.15) is 18.5 Å². The van der Waals surface area contributed by atoms with Crippen LogP contribution in [0.5, 0.6) is 0 Å². The van der Waals surface area contributed by atoms with Gasteiger partial charge in [0.25, 0.3) is 5.56 Å². The number of H-pyrrole nitrogens is 1. The van der Waals surface area contributed by atoms with E-state index in [0.29, 0.717) is 0 Å². The summed E-state index contributed by atoms with van der Waals surface area (Å²) in [4.78, 5) is 26.9. The van der Waals surface area contributed by atoms with Crippen molar-refractivity contribution >= 4 is 33.6 Å². The highest BCUT2D eigenvalue weighted by Crippen LogP contribution is 2.30. The minimum absolute atomic E-state index is 0.0178. The van der Waals surface area contributed by atoms with Gasteiger partial charge in [0, 0.05) is 12.6 Å². The Morgan fingerprint density at radius 3 is 2.95 bits per heavy atom. The van der Waals surface area contributed by atoms with Crippen LogP contribution in [0.1, 0.15) is 18.2 Å². The number of halogens is 3. The Labute approximate surface area is 121 Å². The first-order valence-corrected chi connectivity index (χ1v) is 6.99. The van der Waals surface area contributed by atoms with Crippen LogP contribution in [-0.4, -0.2) is 27.7 Å². The largest absolute Gasteiger partial charge is 0.350 e. The summed E-state index contributed by atoms with van der Waals surface area (Å²) in [6, 6.07) is 0. The van der Waals surface area contributed by atoms with E-state index < -0.39 is 29.8 Å². The quantitative estimate of drug-likeness (QED) is 0.842. The van der Waals surface area contributed by atoms with Crippen molar-refractivity contribution in [1.82, 2.24) is 9.55 Å². The monoisotopic (exact) mass is 352 g/mol. The average Bonchev–Trinajstić information content (AvgIpc) is 2.74. The van der Waals surface area contributed by atoms with Crippen LogP contribution in [-0.2, 0) is 4.74 Å². The van der Waals surface area contributed by atoms with Crippen LogP contribution in [0.2, 0.25) is 0 Å². The summed E-state index contributed by atoms with van der Waals surface area (Å²) in [5.41, 5.74) is -0.880. The van der Waals surface area contributed by atoms with E-state index in [1.165, 1.54) is 21.8 Å². The maximum atomic E-state index is 13.6. The molecule has 19 heavy (non-hydrogen) atoms. The van der Waals surface area contributed by atoms with Crippen molar-refractivity contribution in [3.63, 3.8) is 0 Å². The molecule has 0 radical (unpaired) electrons. The van der Waals surface area contributed by atoms with E-state index in [1.807, 2.05) is 0 Å². The van der Waals surface area contributed by atoms with Crippen molar-refractivity contribution in [1.29, 1.82) is 0 Å². The van der Waals surface area contributed by atoms with Crippen molar-refractivity contribution in [3.8, 4) is 0 Å². The molecule has 0 saturated carbocycles. The first-order valence-electron chi connectivity index (χ1n) is 5.54. The van der Waals surface area contributed by atoms with Crippen LogP contribution in [0.25, 0.3) is 6.08 Å². The van der Waals surface area contributed by atoms with Crippen LogP contribution in [0.3, 0.4) is 0 Å². The van der Waals surface area contributed by atoms with E-state index in [4.69, 9.17) is 16.3 Å². The molecule has 2 rings (SSSR count). The van der Waals surface area contributed by atoms with Gasteiger partial charge in [-0.05, 0) is 11.1 Å². The fourth-order valence-corrected chi connectivity index (χ4v) is 2.45. The predicted octanol–water partition coefficient (Wildman–Crippen LogP) is 1.77. The first-order chi connectivity index (χ1) is 9.06. The summed E-state index contributed by atoms with van der Waals surface area (Å²) in [6.07, 6.45) is 0.131. The van der Waals surface area contributed by atoms with Gasteiger partial charge >= 0.3 is 5.69 Å². The molecule has 1 N–H and O–H groups in total. The maximum absolute atomic E-state index is 13.6. The molecule has 1 aromatic rings. The lowest BCUT2D eigenvalue weighted by molar-refractivity contribution is 0.00106. The Morgan fingerprint density at radius 1 is 1.63 bits per heavy atom. The highest BCUT2D eigenvalue weighted by molar-refractivity contribution is 9.11. The molecule has 0 amide bonds. The summed E-state index contributed by atoms with van der Waals surface area (Å²) >= 11 is 8.62. The number of hydrogen-bond acceptors (Lipinski definition) is 3. The van der Waals surface area contributed by atoms with Gasteiger partial charge in [-0.1, -0.05) is 15.9 Å². The Morgan fingerprint density at radius 2 is 2.37 bits per heavy atom. The molecule has 0 bridgehead atoms. The van der Waals surface area contributed by atoms with E-state index >= 15 is 0 Å². The van der Waals surface area contributed by atoms with Gasteiger partial charge in [-0.3, -0.25) is 14.3 Å². The number of nitrogens with zero attached hydrogens (tertiary/aromatic N) is 1. The highest BCUT2D eigenvalue weighted by Gasteiger charge is 2.36. The molecule has 1 aliphatic rings. The van der Waals surface area contributed by atoms with Gasteiger partial charge in [-0.15, -0.1) is 11.6 Å².